The molecule has 9 heteroatoms. The molecule has 1 aromatic rings. The Kier molecular flexibility index (Phi) is 7.14. The molecule has 1 aromatic heterocycles. The van der Waals surface area contributed by atoms with E-state index in [9.17, 15) is 4.79 Å². The number of amides is 2. The van der Waals surface area contributed by atoms with Crippen molar-refractivity contribution in [2.24, 2.45) is 0 Å². The van der Waals surface area contributed by atoms with E-state index < -0.39 is 12.0 Å². The molecule has 4 fully saturated rings. The Balaban J connectivity index is 1.20. The highest BCUT2D eigenvalue weighted by atomic mass is 32.1. The molecule has 4 aliphatic rings. The van der Waals surface area contributed by atoms with Gasteiger partial charge in [-0.15, -0.1) is 11.3 Å². The van der Waals surface area contributed by atoms with E-state index in [0.29, 0.717) is 37.9 Å². The molecule has 0 unspecified atom stereocenters. The molecule has 2 saturated heterocycles. The molecule has 5 rings (SSSR count). The number of thiazole rings is 1. The Morgan fingerprint density at radius 2 is 1.77 bits per heavy atom. The van der Waals surface area contributed by atoms with Gasteiger partial charge in [-0.2, -0.15) is 0 Å². The van der Waals surface area contributed by atoms with Gasteiger partial charge in [-0.05, 0) is 52.4 Å². The van der Waals surface area contributed by atoms with E-state index in [1.807, 2.05) is 0 Å². The van der Waals surface area contributed by atoms with Crippen LogP contribution in [0.5, 0.6) is 0 Å². The van der Waals surface area contributed by atoms with Crippen molar-refractivity contribution in [3.63, 3.8) is 0 Å². The van der Waals surface area contributed by atoms with E-state index >= 15 is 8.78 Å². The van der Waals surface area contributed by atoms with Crippen LogP contribution in [0.25, 0.3) is 0 Å². The summed E-state index contributed by atoms with van der Waals surface area (Å²) < 4.78 is 30.3. The van der Waals surface area contributed by atoms with Gasteiger partial charge in [-0.1, -0.05) is 6.92 Å². The van der Waals surface area contributed by atoms with Gasteiger partial charge in [0.15, 0.2) is 0 Å². The molecule has 35 heavy (non-hydrogen) atoms. The first-order valence-electron chi connectivity index (χ1n) is 13.5. The number of urea groups is 1. The molecule has 196 valence electrons. The first-order valence-corrected chi connectivity index (χ1v) is 14.4. The third-order valence-corrected chi connectivity index (χ3v) is 9.91. The minimum Gasteiger partial charge on any atom is -0.328 e. The van der Waals surface area contributed by atoms with E-state index in [2.05, 4.69) is 41.3 Å². The van der Waals surface area contributed by atoms with Crippen LogP contribution in [0.1, 0.15) is 82.3 Å². The minimum absolute atomic E-state index is 0.0478. The van der Waals surface area contributed by atoms with Gasteiger partial charge in [0.2, 0.25) is 0 Å². The molecule has 6 nitrogen and oxygen atoms in total. The summed E-state index contributed by atoms with van der Waals surface area (Å²) in [5.74, 6) is -2.22. The number of hydrogen-bond donors (Lipinski definition) is 1. The van der Waals surface area contributed by atoms with Crippen LogP contribution in [0.3, 0.4) is 0 Å². The first-order chi connectivity index (χ1) is 16.7. The van der Waals surface area contributed by atoms with Crippen LogP contribution < -0.4 is 5.32 Å². The SMILES string of the molecule is CC(C)N1CCN([C@H]2CCCC(F)(F)[C@@H]2NC(=O)N2CCC(C)(c3csc(C4CC4)n3)CC2)CC1. The molecule has 3 heterocycles. The summed E-state index contributed by atoms with van der Waals surface area (Å²) >= 11 is 1.76. The zero-order valence-electron chi connectivity index (χ0n) is 21.4. The van der Waals surface area contributed by atoms with Crippen LogP contribution in [-0.2, 0) is 5.41 Å². The van der Waals surface area contributed by atoms with E-state index in [4.69, 9.17) is 4.98 Å². The topological polar surface area (TPSA) is 51.7 Å². The first kappa shape index (κ1) is 25.3. The van der Waals surface area contributed by atoms with Crippen LogP contribution in [0.15, 0.2) is 5.38 Å². The van der Waals surface area contributed by atoms with Crippen molar-refractivity contribution in [2.45, 2.75) is 101 Å². The molecular weight excluding hydrogens is 468 g/mol. The van der Waals surface area contributed by atoms with Gasteiger partial charge in [0.05, 0.1) is 10.7 Å². The summed E-state index contributed by atoms with van der Waals surface area (Å²) in [7, 11) is 0. The maximum absolute atomic E-state index is 15.1. The summed E-state index contributed by atoms with van der Waals surface area (Å²) in [6.45, 7) is 11.1. The number of aromatic nitrogens is 1. The van der Waals surface area contributed by atoms with Crippen molar-refractivity contribution < 1.29 is 13.6 Å². The zero-order chi connectivity index (χ0) is 24.8. The molecule has 0 spiro atoms. The lowest BCUT2D eigenvalue weighted by Crippen LogP contribution is -2.66. The number of hydrogen-bond acceptors (Lipinski definition) is 5. The highest BCUT2D eigenvalue weighted by Gasteiger charge is 2.50. The number of carbonyl (C=O) groups is 1. The third-order valence-electron chi connectivity index (χ3n) is 8.90. The fourth-order valence-electron chi connectivity index (χ4n) is 6.10. The van der Waals surface area contributed by atoms with Crippen LogP contribution in [-0.4, -0.2) is 89.0 Å². The molecule has 0 radical (unpaired) electrons. The van der Waals surface area contributed by atoms with Crippen LogP contribution in [0.4, 0.5) is 13.6 Å². The number of rotatable bonds is 5. The van der Waals surface area contributed by atoms with Crippen molar-refractivity contribution in [1.29, 1.82) is 0 Å². The van der Waals surface area contributed by atoms with Gasteiger partial charge in [-0.25, -0.2) is 18.6 Å². The normalized spacial score (nSPS) is 29.9. The smallest absolute Gasteiger partial charge is 0.317 e. The van der Waals surface area contributed by atoms with Crippen molar-refractivity contribution in [3.05, 3.63) is 16.1 Å². The molecule has 0 aromatic carbocycles. The lowest BCUT2D eigenvalue weighted by atomic mass is 9.78. The predicted molar refractivity (Wildman–Crippen MR) is 135 cm³/mol. The average Bonchev–Trinajstić information content (AvgIpc) is 3.56. The van der Waals surface area contributed by atoms with Crippen LogP contribution in [0.2, 0.25) is 0 Å². The molecule has 2 aliphatic heterocycles. The minimum atomic E-state index is -2.88. The van der Waals surface area contributed by atoms with E-state index in [0.717, 1.165) is 44.7 Å². The predicted octanol–water partition coefficient (Wildman–Crippen LogP) is 4.67. The monoisotopic (exact) mass is 509 g/mol. The summed E-state index contributed by atoms with van der Waals surface area (Å²) in [4.78, 5) is 24.5. The Morgan fingerprint density at radius 1 is 1.09 bits per heavy atom. The van der Waals surface area contributed by atoms with Gasteiger partial charge >= 0.3 is 6.03 Å². The summed E-state index contributed by atoms with van der Waals surface area (Å²) in [6, 6.07) is -1.29. The van der Waals surface area contributed by atoms with Crippen LogP contribution in [0, 0.1) is 0 Å². The molecule has 0 bridgehead atoms. The summed E-state index contributed by atoms with van der Waals surface area (Å²) in [6.07, 6.45) is 5.20. The highest BCUT2D eigenvalue weighted by molar-refractivity contribution is 7.09. The fourth-order valence-corrected chi connectivity index (χ4v) is 7.25. The standard InChI is InChI=1S/C26H41F2N5OS/c1-18(2)31-13-15-32(16-14-31)20-5-4-8-26(27,28)22(20)30-24(34)33-11-9-25(3,10-12-33)21-17-35-23(29-21)19-6-7-19/h17-20,22H,4-16H2,1-3H3,(H,30,34)/t20-,22+/m0/s1. The van der Waals surface area contributed by atoms with Crippen molar-refractivity contribution in [2.75, 3.05) is 39.3 Å². The van der Waals surface area contributed by atoms with Crippen molar-refractivity contribution in [3.8, 4) is 0 Å². The number of likely N-dealkylation sites (tertiary alicyclic amines) is 1. The zero-order valence-corrected chi connectivity index (χ0v) is 22.3. The largest absolute Gasteiger partial charge is 0.328 e. The Morgan fingerprint density at radius 3 is 2.40 bits per heavy atom. The number of nitrogens with one attached hydrogen (secondary N) is 1. The Bertz CT molecular complexity index is 888. The second-order valence-corrected chi connectivity index (χ2v) is 12.6. The number of halogens is 2. The van der Waals surface area contributed by atoms with Gasteiger partial charge in [-0.3, -0.25) is 9.80 Å². The quantitative estimate of drug-likeness (QED) is 0.627. The lowest BCUT2D eigenvalue weighted by Gasteiger charge is -2.48. The van der Waals surface area contributed by atoms with E-state index in [-0.39, 0.29) is 23.9 Å². The molecule has 2 saturated carbocycles. The molecule has 2 aliphatic carbocycles. The van der Waals surface area contributed by atoms with Crippen molar-refractivity contribution in [1.82, 2.24) is 25.0 Å². The van der Waals surface area contributed by atoms with Gasteiger partial charge < -0.3 is 10.2 Å². The van der Waals surface area contributed by atoms with Crippen molar-refractivity contribution >= 4 is 17.4 Å². The van der Waals surface area contributed by atoms with Gasteiger partial charge in [0, 0.05) is 74.5 Å². The summed E-state index contributed by atoms with van der Waals surface area (Å²) in [5, 5.41) is 6.26. The van der Waals surface area contributed by atoms with Gasteiger partial charge in [0.25, 0.3) is 5.92 Å². The van der Waals surface area contributed by atoms with Crippen LogP contribution >= 0.6 is 11.3 Å². The summed E-state index contributed by atoms with van der Waals surface area (Å²) in [5.41, 5.74) is 1.09. The second kappa shape index (κ2) is 9.86. The van der Waals surface area contributed by atoms with E-state index in [1.54, 1.807) is 16.2 Å². The molecule has 2 amide bonds. The molecule has 1 N–H and O–H groups in total. The molecular formula is C26H41F2N5OS. The number of piperazine rings is 1. The lowest BCUT2D eigenvalue weighted by molar-refractivity contribution is -0.0973. The van der Waals surface area contributed by atoms with Gasteiger partial charge in [0.1, 0.15) is 6.04 Å². The third kappa shape index (κ3) is 5.37. The number of carbonyl (C=O) groups excluding carboxylic acids is 1. The Hall–Kier alpha value is -1.32. The van der Waals surface area contributed by atoms with E-state index in [1.165, 1.54) is 17.8 Å². The number of piperidine rings is 1. The fraction of sp³-hybridized carbons (Fsp3) is 0.846. The second-order valence-electron chi connectivity index (χ2n) is 11.7. The highest BCUT2D eigenvalue weighted by Crippen LogP contribution is 2.44. The number of nitrogens with zero attached hydrogens (tertiary/aromatic N) is 4. The average molecular weight is 510 g/mol. The number of alkyl halides is 2. The maximum atomic E-state index is 15.1. The maximum Gasteiger partial charge on any atom is 0.317 e. The Labute approximate surface area is 212 Å². The molecule has 2 atom stereocenters.